The second-order valence-electron chi connectivity index (χ2n) is 5.48. The summed E-state index contributed by atoms with van der Waals surface area (Å²) in [4.78, 5) is 2.59. The second-order valence-corrected chi connectivity index (χ2v) is 5.48. The number of nitrogens with two attached hydrogens (primary N) is 1. The molecule has 3 N–H and O–H groups in total. The van der Waals surface area contributed by atoms with Crippen LogP contribution in [-0.2, 0) is 0 Å². The zero-order chi connectivity index (χ0) is 13.2. The highest BCUT2D eigenvalue weighted by Crippen LogP contribution is 2.22. The summed E-state index contributed by atoms with van der Waals surface area (Å²) in [6.07, 6.45) is 9.73. The summed E-state index contributed by atoms with van der Waals surface area (Å²) in [5, 5.41) is 11.5. The van der Waals surface area contributed by atoms with Gasteiger partial charge in [0.15, 0.2) is 0 Å². The van der Waals surface area contributed by atoms with Crippen molar-refractivity contribution >= 4 is 5.84 Å². The molecule has 106 valence electrons. The lowest BCUT2D eigenvalue weighted by Gasteiger charge is -2.19. The molecule has 1 fully saturated rings. The maximum atomic E-state index is 8.45. The molecule has 4 heteroatoms. The predicted octanol–water partition coefficient (Wildman–Crippen LogP) is 2.81. The van der Waals surface area contributed by atoms with Gasteiger partial charge in [-0.25, -0.2) is 0 Å². The SMILES string of the molecule is CCCC1CCCN(CCCCC(N)=NO)CC1. The van der Waals surface area contributed by atoms with Crippen molar-refractivity contribution in [2.45, 2.75) is 58.3 Å². The van der Waals surface area contributed by atoms with Gasteiger partial charge in [-0.2, -0.15) is 0 Å². The average molecular weight is 255 g/mol. The van der Waals surface area contributed by atoms with Crippen LogP contribution in [-0.4, -0.2) is 35.6 Å². The number of hydrogen-bond donors (Lipinski definition) is 2. The van der Waals surface area contributed by atoms with Crippen LogP contribution in [0.3, 0.4) is 0 Å². The van der Waals surface area contributed by atoms with Crippen molar-refractivity contribution in [1.29, 1.82) is 0 Å². The molecule has 1 aliphatic heterocycles. The first-order valence-corrected chi connectivity index (χ1v) is 7.45. The van der Waals surface area contributed by atoms with Crippen molar-refractivity contribution in [3.63, 3.8) is 0 Å². The molecule has 1 unspecified atom stereocenters. The molecule has 0 radical (unpaired) electrons. The molecular weight excluding hydrogens is 226 g/mol. The van der Waals surface area contributed by atoms with Crippen molar-refractivity contribution in [1.82, 2.24) is 4.90 Å². The van der Waals surface area contributed by atoms with Gasteiger partial charge in [0.1, 0.15) is 5.84 Å². The van der Waals surface area contributed by atoms with Gasteiger partial charge in [0.25, 0.3) is 0 Å². The molecule has 0 amide bonds. The molecule has 1 rings (SSSR count). The van der Waals surface area contributed by atoms with Crippen LogP contribution in [0.1, 0.15) is 58.3 Å². The summed E-state index contributed by atoms with van der Waals surface area (Å²) in [6, 6.07) is 0. The summed E-state index contributed by atoms with van der Waals surface area (Å²) in [5.74, 6) is 1.31. The van der Waals surface area contributed by atoms with E-state index in [0.29, 0.717) is 12.3 Å². The van der Waals surface area contributed by atoms with Crippen LogP contribution in [0.25, 0.3) is 0 Å². The Balaban J connectivity index is 2.12. The van der Waals surface area contributed by atoms with Gasteiger partial charge in [-0.1, -0.05) is 24.9 Å². The van der Waals surface area contributed by atoms with Gasteiger partial charge in [0.05, 0.1) is 0 Å². The molecule has 0 bridgehead atoms. The van der Waals surface area contributed by atoms with Crippen LogP contribution in [0.2, 0.25) is 0 Å². The van der Waals surface area contributed by atoms with Crippen molar-refractivity contribution in [3.05, 3.63) is 0 Å². The smallest absolute Gasteiger partial charge is 0.139 e. The normalized spacial score (nSPS) is 22.9. The Bertz CT molecular complexity index is 243. The summed E-state index contributed by atoms with van der Waals surface area (Å²) < 4.78 is 0. The number of nitrogens with zero attached hydrogens (tertiary/aromatic N) is 2. The highest BCUT2D eigenvalue weighted by Gasteiger charge is 2.15. The van der Waals surface area contributed by atoms with Gasteiger partial charge in [-0.05, 0) is 57.7 Å². The third-order valence-electron chi connectivity index (χ3n) is 3.92. The minimum Gasteiger partial charge on any atom is -0.409 e. The largest absolute Gasteiger partial charge is 0.409 e. The monoisotopic (exact) mass is 255 g/mol. The van der Waals surface area contributed by atoms with Crippen molar-refractivity contribution in [2.24, 2.45) is 16.8 Å². The zero-order valence-corrected chi connectivity index (χ0v) is 11.8. The Hall–Kier alpha value is -0.770. The fourth-order valence-corrected chi connectivity index (χ4v) is 2.84. The van der Waals surface area contributed by atoms with E-state index >= 15 is 0 Å². The molecule has 0 aliphatic carbocycles. The topological polar surface area (TPSA) is 61.8 Å². The number of likely N-dealkylation sites (tertiary alicyclic amines) is 1. The molecule has 0 aromatic heterocycles. The fraction of sp³-hybridized carbons (Fsp3) is 0.929. The predicted molar refractivity (Wildman–Crippen MR) is 75.9 cm³/mol. The lowest BCUT2D eigenvalue weighted by atomic mass is 9.96. The van der Waals surface area contributed by atoms with E-state index in [1.54, 1.807) is 0 Å². The Kier molecular flexibility index (Phi) is 7.81. The number of rotatable bonds is 7. The van der Waals surface area contributed by atoms with Crippen molar-refractivity contribution < 1.29 is 5.21 Å². The van der Waals surface area contributed by atoms with Gasteiger partial charge in [-0.15, -0.1) is 0 Å². The Morgan fingerprint density at radius 3 is 2.89 bits per heavy atom. The molecule has 1 saturated heterocycles. The van der Waals surface area contributed by atoms with E-state index in [1.165, 1.54) is 45.2 Å². The quantitative estimate of drug-likeness (QED) is 0.242. The Labute approximate surface area is 111 Å². The van der Waals surface area contributed by atoms with Gasteiger partial charge in [-0.3, -0.25) is 0 Å². The third-order valence-corrected chi connectivity index (χ3v) is 3.92. The molecule has 18 heavy (non-hydrogen) atoms. The van der Waals surface area contributed by atoms with E-state index in [9.17, 15) is 0 Å². The van der Waals surface area contributed by atoms with Gasteiger partial charge < -0.3 is 15.8 Å². The first kappa shape index (κ1) is 15.3. The van der Waals surface area contributed by atoms with Crippen LogP contribution in [0.5, 0.6) is 0 Å². The number of amidine groups is 1. The van der Waals surface area contributed by atoms with E-state index in [2.05, 4.69) is 17.0 Å². The van der Waals surface area contributed by atoms with Crippen LogP contribution in [0, 0.1) is 5.92 Å². The van der Waals surface area contributed by atoms with E-state index in [-0.39, 0.29) is 0 Å². The van der Waals surface area contributed by atoms with E-state index in [0.717, 1.165) is 25.3 Å². The minimum atomic E-state index is 0.355. The van der Waals surface area contributed by atoms with Crippen LogP contribution < -0.4 is 5.73 Å². The van der Waals surface area contributed by atoms with Gasteiger partial charge in [0.2, 0.25) is 0 Å². The molecule has 0 spiro atoms. The molecule has 1 aliphatic rings. The van der Waals surface area contributed by atoms with Gasteiger partial charge >= 0.3 is 0 Å². The number of unbranched alkanes of at least 4 members (excludes halogenated alkanes) is 1. The molecule has 1 atom stereocenters. The van der Waals surface area contributed by atoms with E-state index in [1.807, 2.05) is 0 Å². The van der Waals surface area contributed by atoms with Crippen LogP contribution >= 0.6 is 0 Å². The first-order chi connectivity index (χ1) is 8.76. The third kappa shape index (κ3) is 6.24. The summed E-state index contributed by atoms with van der Waals surface area (Å²) in [6.45, 7) is 5.96. The second kappa shape index (κ2) is 9.20. The van der Waals surface area contributed by atoms with Gasteiger partial charge in [0, 0.05) is 6.42 Å². The molecule has 0 aromatic rings. The molecular formula is C14H29N3O. The lowest BCUT2D eigenvalue weighted by Crippen LogP contribution is -2.26. The Morgan fingerprint density at radius 1 is 1.33 bits per heavy atom. The van der Waals surface area contributed by atoms with Crippen molar-refractivity contribution in [2.75, 3.05) is 19.6 Å². The Morgan fingerprint density at radius 2 is 2.17 bits per heavy atom. The lowest BCUT2D eigenvalue weighted by molar-refractivity contribution is 0.273. The summed E-state index contributed by atoms with van der Waals surface area (Å²) in [7, 11) is 0. The molecule has 0 saturated carbocycles. The maximum Gasteiger partial charge on any atom is 0.139 e. The summed E-state index contributed by atoms with van der Waals surface area (Å²) in [5.41, 5.74) is 5.46. The minimum absolute atomic E-state index is 0.355. The highest BCUT2D eigenvalue weighted by molar-refractivity contribution is 5.79. The first-order valence-electron chi connectivity index (χ1n) is 7.45. The van der Waals surface area contributed by atoms with Crippen LogP contribution in [0.15, 0.2) is 5.16 Å². The molecule has 1 heterocycles. The standard InChI is InChI=1S/C14H29N3O/c1-2-6-13-7-5-11-17(12-9-13)10-4-3-8-14(15)16-18/h13,18H,2-12H2,1H3,(H2,15,16). The maximum absolute atomic E-state index is 8.45. The molecule has 0 aromatic carbocycles. The highest BCUT2D eigenvalue weighted by atomic mass is 16.4. The summed E-state index contributed by atoms with van der Waals surface area (Å²) >= 11 is 0. The van der Waals surface area contributed by atoms with Crippen molar-refractivity contribution in [3.8, 4) is 0 Å². The number of hydrogen-bond acceptors (Lipinski definition) is 3. The molecule has 4 nitrogen and oxygen atoms in total. The van der Waals surface area contributed by atoms with E-state index < -0.39 is 0 Å². The fourth-order valence-electron chi connectivity index (χ4n) is 2.84. The van der Waals surface area contributed by atoms with E-state index in [4.69, 9.17) is 10.9 Å². The number of oxime groups is 1. The zero-order valence-electron chi connectivity index (χ0n) is 11.8. The van der Waals surface area contributed by atoms with Crippen LogP contribution in [0.4, 0.5) is 0 Å². The average Bonchev–Trinajstić information content (AvgIpc) is 2.60.